The molecule has 182 valence electrons. The minimum Gasteiger partial charge on any atom is -0.462 e. The van der Waals surface area contributed by atoms with Gasteiger partial charge in [-0.3, -0.25) is 9.59 Å². The lowest BCUT2D eigenvalue weighted by Gasteiger charge is -2.58. The molecule has 4 bridgehead atoms. The lowest BCUT2D eigenvalue weighted by Crippen LogP contribution is -2.58. The first-order valence-corrected chi connectivity index (χ1v) is 12.6. The minimum absolute atomic E-state index is 0.187. The van der Waals surface area contributed by atoms with Crippen molar-refractivity contribution in [1.29, 1.82) is 0 Å². The quantitative estimate of drug-likeness (QED) is 0.559. The summed E-state index contributed by atoms with van der Waals surface area (Å²) in [6.45, 7) is 3.25. The number of ether oxygens (including phenoxy) is 2. The average Bonchev–Trinajstić information content (AvgIpc) is 3.36. The Morgan fingerprint density at radius 3 is 2.53 bits per heavy atom. The maximum absolute atomic E-state index is 13.1. The van der Waals surface area contributed by atoms with Gasteiger partial charge >= 0.3 is 11.9 Å². The number of carbonyl (C=O) groups excluding carboxylic acids is 3. The summed E-state index contributed by atoms with van der Waals surface area (Å²) in [5.74, 6) is 0.377. The molecule has 2 atom stereocenters. The van der Waals surface area contributed by atoms with Crippen molar-refractivity contribution in [1.82, 2.24) is 0 Å². The molecule has 4 aliphatic carbocycles. The Morgan fingerprint density at radius 1 is 1.18 bits per heavy atom. The highest BCUT2D eigenvalue weighted by atomic mass is 32.1. The maximum Gasteiger partial charge on any atom is 0.341 e. The molecule has 4 aliphatic rings. The predicted molar refractivity (Wildman–Crippen MR) is 124 cm³/mol. The third-order valence-electron chi connectivity index (χ3n) is 7.33. The Balaban J connectivity index is 1.27. The number of aryl methyl sites for hydroxylation is 1. The third kappa shape index (κ3) is 4.15. The number of anilines is 1. The summed E-state index contributed by atoms with van der Waals surface area (Å²) in [7, 11) is 0. The van der Waals surface area contributed by atoms with E-state index in [1.807, 2.05) is 0 Å². The zero-order valence-electron chi connectivity index (χ0n) is 19.3. The molecule has 34 heavy (non-hydrogen) atoms. The molecule has 2 aromatic rings. The van der Waals surface area contributed by atoms with Crippen LogP contribution in [-0.2, 0) is 19.1 Å². The van der Waals surface area contributed by atoms with Gasteiger partial charge in [-0.25, -0.2) is 4.79 Å². The normalized spacial score (nSPS) is 29.1. The fourth-order valence-corrected chi connectivity index (χ4v) is 7.47. The highest BCUT2D eigenvalue weighted by molar-refractivity contribution is 7.15. The van der Waals surface area contributed by atoms with E-state index in [9.17, 15) is 19.5 Å². The van der Waals surface area contributed by atoms with Crippen LogP contribution in [-0.4, -0.2) is 41.8 Å². The van der Waals surface area contributed by atoms with Crippen molar-refractivity contribution in [2.45, 2.75) is 58.0 Å². The van der Waals surface area contributed by atoms with Crippen LogP contribution in [0, 0.1) is 24.2 Å². The number of hydrogen-bond acceptors (Lipinski definition) is 8. The van der Waals surface area contributed by atoms with E-state index in [4.69, 9.17) is 13.9 Å². The second-order valence-corrected chi connectivity index (χ2v) is 11.0. The van der Waals surface area contributed by atoms with E-state index in [1.165, 1.54) is 11.3 Å². The number of rotatable bonds is 7. The van der Waals surface area contributed by atoms with Gasteiger partial charge in [0.05, 0.1) is 17.6 Å². The van der Waals surface area contributed by atoms with Gasteiger partial charge in [-0.15, -0.1) is 11.3 Å². The summed E-state index contributed by atoms with van der Waals surface area (Å²) in [6.07, 6.45) is 4.42. The minimum atomic E-state index is -0.780. The number of amides is 1. The fourth-order valence-electron chi connectivity index (χ4n) is 6.52. The average molecular weight is 488 g/mol. The van der Waals surface area contributed by atoms with Gasteiger partial charge in [0.2, 0.25) is 0 Å². The van der Waals surface area contributed by atoms with Gasteiger partial charge in [-0.1, -0.05) is 0 Å². The van der Waals surface area contributed by atoms with E-state index >= 15 is 0 Å². The van der Waals surface area contributed by atoms with Gasteiger partial charge in [0.25, 0.3) is 5.91 Å². The van der Waals surface area contributed by atoms with E-state index in [2.05, 4.69) is 5.32 Å². The van der Waals surface area contributed by atoms with Crippen LogP contribution in [0.5, 0.6) is 0 Å². The largest absolute Gasteiger partial charge is 0.462 e. The number of aliphatic hydroxyl groups is 1. The summed E-state index contributed by atoms with van der Waals surface area (Å²) < 4.78 is 16.3. The monoisotopic (exact) mass is 487 g/mol. The summed E-state index contributed by atoms with van der Waals surface area (Å²) in [5.41, 5.74) is -0.727. The zero-order chi connectivity index (χ0) is 24.1. The molecule has 0 spiro atoms. The number of esters is 2. The van der Waals surface area contributed by atoms with Crippen molar-refractivity contribution in [3.05, 3.63) is 28.8 Å². The molecule has 6 rings (SSSR count). The van der Waals surface area contributed by atoms with Crippen LogP contribution < -0.4 is 5.32 Å². The van der Waals surface area contributed by atoms with Crippen LogP contribution in [0.3, 0.4) is 0 Å². The van der Waals surface area contributed by atoms with Crippen LogP contribution in [0.25, 0.3) is 11.3 Å². The van der Waals surface area contributed by atoms with E-state index in [0.29, 0.717) is 40.3 Å². The standard InChI is InChI=1S/C25H29NO7S/c1-3-31-22(28)20-17(18-5-4-14(2)33-18)12-34-21(20)26-19(27)11-32-23(29)24-7-15-6-16(8-24)10-25(30,9-15)13-24/h4-5,12,15-16,30H,3,6-11,13H2,1-2H3,(H,26,27). The Morgan fingerprint density at radius 2 is 1.91 bits per heavy atom. The van der Waals surface area contributed by atoms with Gasteiger partial charge in [0, 0.05) is 10.9 Å². The Bertz CT molecular complexity index is 1120. The van der Waals surface area contributed by atoms with Gasteiger partial charge < -0.3 is 24.3 Å². The predicted octanol–water partition coefficient (Wildman–Crippen LogP) is 4.31. The van der Waals surface area contributed by atoms with Crippen LogP contribution >= 0.6 is 11.3 Å². The van der Waals surface area contributed by atoms with Gasteiger partial charge in [0.15, 0.2) is 6.61 Å². The van der Waals surface area contributed by atoms with Gasteiger partial charge in [0.1, 0.15) is 22.1 Å². The van der Waals surface area contributed by atoms with E-state index in [0.717, 1.165) is 32.1 Å². The smallest absolute Gasteiger partial charge is 0.341 e. The molecule has 4 fully saturated rings. The first-order chi connectivity index (χ1) is 16.2. The Kier molecular flexibility index (Phi) is 5.80. The second-order valence-electron chi connectivity index (χ2n) is 10.1. The van der Waals surface area contributed by atoms with Crippen molar-refractivity contribution >= 4 is 34.2 Å². The van der Waals surface area contributed by atoms with E-state index in [-0.39, 0.29) is 12.2 Å². The van der Waals surface area contributed by atoms with Crippen molar-refractivity contribution in [3.8, 4) is 11.3 Å². The SMILES string of the molecule is CCOC(=O)c1c(-c2ccc(C)o2)csc1NC(=O)COC(=O)C12CC3CC(CC(O)(C3)C1)C2. The molecule has 2 unspecified atom stereocenters. The molecule has 4 saturated carbocycles. The van der Waals surface area contributed by atoms with Crippen molar-refractivity contribution in [2.24, 2.45) is 17.3 Å². The van der Waals surface area contributed by atoms with Crippen molar-refractivity contribution in [2.75, 3.05) is 18.5 Å². The number of thiophene rings is 1. The van der Waals surface area contributed by atoms with Gasteiger partial charge in [-0.05, 0) is 76.3 Å². The number of furan rings is 1. The highest BCUT2D eigenvalue weighted by Crippen LogP contribution is 2.62. The summed E-state index contributed by atoms with van der Waals surface area (Å²) in [4.78, 5) is 38.4. The van der Waals surface area contributed by atoms with Crippen LogP contribution in [0.4, 0.5) is 5.00 Å². The fraction of sp³-hybridized carbons (Fsp3) is 0.560. The van der Waals surface area contributed by atoms with Crippen LogP contribution in [0.15, 0.2) is 21.9 Å². The molecule has 2 aromatic heterocycles. The molecule has 2 N–H and O–H groups in total. The molecule has 0 aromatic carbocycles. The maximum atomic E-state index is 13.1. The van der Waals surface area contributed by atoms with Crippen LogP contribution in [0.1, 0.15) is 61.6 Å². The van der Waals surface area contributed by atoms with Crippen molar-refractivity contribution < 1.29 is 33.4 Å². The lowest BCUT2D eigenvalue weighted by molar-refractivity contribution is -0.196. The first-order valence-electron chi connectivity index (χ1n) is 11.8. The molecule has 2 heterocycles. The number of nitrogens with one attached hydrogen (secondary N) is 1. The topological polar surface area (TPSA) is 115 Å². The van der Waals surface area contributed by atoms with Crippen molar-refractivity contribution in [3.63, 3.8) is 0 Å². The van der Waals surface area contributed by atoms with Crippen LogP contribution in [0.2, 0.25) is 0 Å². The highest BCUT2D eigenvalue weighted by Gasteiger charge is 2.60. The summed E-state index contributed by atoms with van der Waals surface area (Å²) in [6, 6.07) is 3.55. The lowest BCUT2D eigenvalue weighted by atomic mass is 9.48. The van der Waals surface area contributed by atoms with Gasteiger partial charge in [-0.2, -0.15) is 0 Å². The van der Waals surface area contributed by atoms with E-state index in [1.54, 1.807) is 31.4 Å². The molecule has 0 radical (unpaired) electrons. The molecular weight excluding hydrogens is 458 g/mol. The summed E-state index contributed by atoms with van der Waals surface area (Å²) >= 11 is 1.18. The Hall–Kier alpha value is -2.65. The molecule has 9 heteroatoms. The number of hydrogen-bond donors (Lipinski definition) is 2. The molecule has 8 nitrogen and oxygen atoms in total. The molecule has 0 aliphatic heterocycles. The third-order valence-corrected chi connectivity index (χ3v) is 8.22. The molecule has 1 amide bonds. The molecular formula is C25H29NO7S. The molecule has 0 saturated heterocycles. The van der Waals surface area contributed by atoms with E-state index < -0.39 is 35.5 Å². The first kappa shape index (κ1) is 23.1. The zero-order valence-corrected chi connectivity index (χ0v) is 20.2. The Labute approximate surface area is 201 Å². The second kappa shape index (κ2) is 8.53. The number of carbonyl (C=O) groups is 3. The summed E-state index contributed by atoms with van der Waals surface area (Å²) in [5, 5.41) is 15.6.